The maximum absolute atomic E-state index is 12.1. The van der Waals surface area contributed by atoms with Gasteiger partial charge in [0.15, 0.2) is 0 Å². The Bertz CT molecular complexity index is 719. The third-order valence-electron chi connectivity index (χ3n) is 4.06. The van der Waals surface area contributed by atoms with E-state index in [1.165, 1.54) is 26.2 Å². The number of hydrogen-bond donors (Lipinski definition) is 1. The molecule has 0 saturated heterocycles. The van der Waals surface area contributed by atoms with Crippen molar-refractivity contribution in [3.8, 4) is 0 Å². The highest BCUT2D eigenvalue weighted by atomic mass is 32.2. The second kappa shape index (κ2) is 7.29. The topological polar surface area (TPSA) is 83.6 Å². The average molecular weight is 361 g/mol. The molecule has 1 aromatic carbocycles. The number of hydrogen-bond acceptors (Lipinski definition) is 4. The highest BCUT2D eigenvalue weighted by molar-refractivity contribution is 7.89. The molecule has 8 heteroatoms. The van der Waals surface area contributed by atoms with E-state index in [0.29, 0.717) is 6.42 Å². The van der Waals surface area contributed by atoms with Crippen molar-refractivity contribution in [1.82, 2.24) is 9.03 Å². The Labute approximate surface area is 139 Å². The highest BCUT2D eigenvalue weighted by Gasteiger charge is 2.21. The fourth-order valence-corrected chi connectivity index (χ4v) is 4.92. The van der Waals surface area contributed by atoms with E-state index >= 15 is 0 Å². The fraction of sp³-hybridized carbons (Fsp3) is 0.600. The Morgan fingerprint density at radius 3 is 2.13 bits per heavy atom. The van der Waals surface area contributed by atoms with Crippen LogP contribution in [0.2, 0.25) is 0 Å². The van der Waals surface area contributed by atoms with E-state index < -0.39 is 20.0 Å². The fourth-order valence-electron chi connectivity index (χ4n) is 2.65. The predicted octanol–water partition coefficient (Wildman–Crippen LogP) is 1.34. The van der Waals surface area contributed by atoms with Gasteiger partial charge < -0.3 is 0 Å². The van der Waals surface area contributed by atoms with Gasteiger partial charge in [0.2, 0.25) is 20.0 Å². The largest absolute Gasteiger partial charge is 0.242 e. The van der Waals surface area contributed by atoms with Gasteiger partial charge in [0.25, 0.3) is 0 Å². The monoisotopic (exact) mass is 360 g/mol. The molecule has 23 heavy (non-hydrogen) atoms. The van der Waals surface area contributed by atoms with Crippen LogP contribution in [-0.4, -0.2) is 47.0 Å². The summed E-state index contributed by atoms with van der Waals surface area (Å²) >= 11 is 0. The molecule has 0 heterocycles. The van der Waals surface area contributed by atoms with Crippen molar-refractivity contribution >= 4 is 20.0 Å². The van der Waals surface area contributed by atoms with Gasteiger partial charge in [-0.05, 0) is 37.0 Å². The van der Waals surface area contributed by atoms with Gasteiger partial charge in [-0.25, -0.2) is 25.9 Å². The van der Waals surface area contributed by atoms with Gasteiger partial charge in [0, 0.05) is 20.1 Å². The molecule has 0 amide bonds. The highest BCUT2D eigenvalue weighted by Crippen LogP contribution is 2.19. The molecular weight excluding hydrogens is 336 g/mol. The average Bonchev–Trinajstić information content (AvgIpc) is 2.97. The van der Waals surface area contributed by atoms with Crippen molar-refractivity contribution < 1.29 is 16.8 Å². The van der Waals surface area contributed by atoms with E-state index in [1.54, 1.807) is 12.1 Å². The minimum absolute atomic E-state index is 0.0171. The van der Waals surface area contributed by atoms with Crippen LogP contribution in [0.25, 0.3) is 0 Å². The molecule has 1 aliphatic carbocycles. The van der Waals surface area contributed by atoms with Gasteiger partial charge in [-0.15, -0.1) is 0 Å². The lowest BCUT2D eigenvalue weighted by Gasteiger charge is -2.13. The second-order valence-electron chi connectivity index (χ2n) is 6.10. The van der Waals surface area contributed by atoms with Crippen LogP contribution in [0, 0.1) is 0 Å². The van der Waals surface area contributed by atoms with Crippen molar-refractivity contribution in [2.24, 2.45) is 0 Å². The standard InChI is InChI=1S/C15H24N2O4S2/c1-17(2)23(20,21)15-9-7-13(8-10-15)11-12-22(18,19)16-14-5-3-4-6-14/h7-10,14,16H,3-6,11-12H2,1-2H3. The lowest BCUT2D eigenvalue weighted by atomic mass is 10.2. The first-order chi connectivity index (χ1) is 10.7. The smallest absolute Gasteiger partial charge is 0.212 e. The maximum Gasteiger partial charge on any atom is 0.242 e. The number of sulfonamides is 2. The van der Waals surface area contributed by atoms with E-state index in [9.17, 15) is 16.8 Å². The van der Waals surface area contributed by atoms with Crippen molar-refractivity contribution in [3.63, 3.8) is 0 Å². The third kappa shape index (κ3) is 5.00. The van der Waals surface area contributed by atoms with Gasteiger partial charge in [-0.3, -0.25) is 0 Å². The molecule has 0 radical (unpaired) electrons. The van der Waals surface area contributed by atoms with Crippen LogP contribution in [0.15, 0.2) is 29.2 Å². The molecule has 1 N–H and O–H groups in total. The molecule has 1 saturated carbocycles. The summed E-state index contributed by atoms with van der Waals surface area (Å²) in [4.78, 5) is 0.207. The zero-order chi connectivity index (χ0) is 17.1. The Balaban J connectivity index is 1.96. The van der Waals surface area contributed by atoms with Crippen molar-refractivity contribution in [2.45, 2.75) is 43.0 Å². The Morgan fingerprint density at radius 1 is 1.04 bits per heavy atom. The summed E-state index contributed by atoms with van der Waals surface area (Å²) in [5.74, 6) is 0.0171. The Hall–Kier alpha value is -0.960. The SMILES string of the molecule is CN(C)S(=O)(=O)c1ccc(CCS(=O)(=O)NC2CCCC2)cc1. The lowest BCUT2D eigenvalue weighted by Crippen LogP contribution is -2.34. The number of nitrogens with zero attached hydrogens (tertiary/aromatic N) is 1. The summed E-state index contributed by atoms with van der Waals surface area (Å²) in [6.07, 6.45) is 4.35. The van der Waals surface area contributed by atoms with E-state index in [2.05, 4.69) is 4.72 Å². The molecular formula is C15H24N2O4S2. The summed E-state index contributed by atoms with van der Waals surface area (Å²) in [6, 6.07) is 6.44. The third-order valence-corrected chi connectivity index (χ3v) is 7.33. The van der Waals surface area contributed by atoms with E-state index in [1.807, 2.05) is 0 Å². The minimum Gasteiger partial charge on any atom is -0.212 e. The summed E-state index contributed by atoms with van der Waals surface area (Å²) in [5.41, 5.74) is 0.805. The van der Waals surface area contributed by atoms with Crippen LogP contribution >= 0.6 is 0 Å². The van der Waals surface area contributed by atoms with Crippen LogP contribution in [0.1, 0.15) is 31.2 Å². The zero-order valence-electron chi connectivity index (χ0n) is 13.5. The molecule has 6 nitrogen and oxygen atoms in total. The van der Waals surface area contributed by atoms with Crippen LogP contribution < -0.4 is 4.72 Å². The first-order valence-corrected chi connectivity index (χ1v) is 10.8. The van der Waals surface area contributed by atoms with Gasteiger partial charge in [-0.2, -0.15) is 0 Å². The molecule has 0 spiro atoms. The van der Waals surface area contributed by atoms with Crippen LogP contribution in [0.5, 0.6) is 0 Å². The molecule has 2 rings (SSSR count). The number of benzene rings is 1. The van der Waals surface area contributed by atoms with E-state index in [-0.39, 0.29) is 16.7 Å². The number of rotatable bonds is 7. The molecule has 0 aromatic heterocycles. The predicted molar refractivity (Wildman–Crippen MR) is 90.2 cm³/mol. The number of aryl methyl sites for hydroxylation is 1. The van der Waals surface area contributed by atoms with E-state index in [0.717, 1.165) is 35.6 Å². The Morgan fingerprint density at radius 2 is 1.61 bits per heavy atom. The molecule has 0 bridgehead atoms. The van der Waals surface area contributed by atoms with Crippen LogP contribution in [-0.2, 0) is 26.5 Å². The lowest BCUT2D eigenvalue weighted by molar-refractivity contribution is 0.520. The molecule has 0 unspecified atom stereocenters. The first-order valence-electron chi connectivity index (χ1n) is 7.72. The van der Waals surface area contributed by atoms with Crippen LogP contribution in [0.4, 0.5) is 0 Å². The normalized spacial score (nSPS) is 17.0. The molecule has 130 valence electrons. The summed E-state index contributed by atoms with van der Waals surface area (Å²) < 4.78 is 52.0. The molecule has 1 fully saturated rings. The number of nitrogens with one attached hydrogen (secondary N) is 1. The van der Waals surface area contributed by atoms with Crippen molar-refractivity contribution in [1.29, 1.82) is 0 Å². The summed E-state index contributed by atoms with van der Waals surface area (Å²) in [6.45, 7) is 0. The summed E-state index contributed by atoms with van der Waals surface area (Å²) in [5, 5.41) is 0. The van der Waals surface area contributed by atoms with Crippen molar-refractivity contribution in [2.75, 3.05) is 19.8 Å². The second-order valence-corrected chi connectivity index (χ2v) is 10.1. The summed E-state index contributed by atoms with van der Waals surface area (Å²) in [7, 11) is -3.79. The molecule has 1 aromatic rings. The van der Waals surface area contributed by atoms with Gasteiger partial charge in [-0.1, -0.05) is 25.0 Å². The van der Waals surface area contributed by atoms with Gasteiger partial charge in [0.05, 0.1) is 10.6 Å². The minimum atomic E-state index is -3.45. The van der Waals surface area contributed by atoms with Gasteiger partial charge in [0.1, 0.15) is 0 Å². The van der Waals surface area contributed by atoms with Crippen LogP contribution in [0.3, 0.4) is 0 Å². The maximum atomic E-state index is 12.1. The quantitative estimate of drug-likeness (QED) is 0.795. The molecule has 1 aliphatic rings. The zero-order valence-corrected chi connectivity index (χ0v) is 15.2. The first kappa shape index (κ1) is 18.4. The van der Waals surface area contributed by atoms with E-state index in [4.69, 9.17) is 0 Å². The Kier molecular flexibility index (Phi) is 5.83. The molecule has 0 aliphatic heterocycles. The van der Waals surface area contributed by atoms with Crippen molar-refractivity contribution in [3.05, 3.63) is 29.8 Å². The molecule has 0 atom stereocenters. The van der Waals surface area contributed by atoms with Gasteiger partial charge >= 0.3 is 0 Å².